The summed E-state index contributed by atoms with van der Waals surface area (Å²) in [4.78, 5) is 19.0. The van der Waals surface area contributed by atoms with Gasteiger partial charge in [0.2, 0.25) is 0 Å². The number of nitrogens with zero attached hydrogens (tertiary/aromatic N) is 6. The number of piperazine rings is 1. The van der Waals surface area contributed by atoms with Crippen molar-refractivity contribution in [2.45, 2.75) is 24.8 Å². The van der Waals surface area contributed by atoms with E-state index in [-0.39, 0.29) is 5.82 Å². The Morgan fingerprint density at radius 3 is 2.47 bits per heavy atom. The zero-order valence-electron chi connectivity index (χ0n) is 21.4. The number of pyridine rings is 1. The van der Waals surface area contributed by atoms with Crippen molar-refractivity contribution in [1.82, 2.24) is 29.2 Å². The summed E-state index contributed by atoms with van der Waals surface area (Å²) in [5.41, 5.74) is 9.95. The number of nitrogen functional groups attached to an aromatic ring is 1. The van der Waals surface area contributed by atoms with Gasteiger partial charge >= 0.3 is 0 Å². The molecule has 1 aliphatic heterocycles. The Balaban J connectivity index is 1.28. The third kappa shape index (κ3) is 3.83. The van der Waals surface area contributed by atoms with Gasteiger partial charge in [-0.05, 0) is 32.0 Å². The number of fused-ring (bicyclic) bond motifs is 2. The van der Waals surface area contributed by atoms with E-state index in [1.54, 1.807) is 12.3 Å². The van der Waals surface area contributed by atoms with E-state index in [4.69, 9.17) is 15.7 Å². The number of halogens is 1. The minimum absolute atomic E-state index is 0.300. The Morgan fingerprint density at radius 2 is 1.68 bits per heavy atom. The fourth-order valence-corrected chi connectivity index (χ4v) is 5.95. The van der Waals surface area contributed by atoms with Crippen LogP contribution in [0.25, 0.3) is 38.9 Å². The molecule has 3 aromatic heterocycles. The maximum Gasteiger partial charge on any atom is 0.158 e. The standard InChI is InChI=1S/C30H30FN7/c1-36-13-15-37(16-14-36)22-17-21(18-22)30-35-27(28-29(32)33-11-12-38(28)30)23-9-7-20-8-10-24(34-26(20)25(23)31)19-5-3-2-4-6-19/h2-12,21-22H,13-18H2,1H3,(H2,32,33). The van der Waals surface area contributed by atoms with E-state index in [0.29, 0.717) is 40.1 Å². The van der Waals surface area contributed by atoms with Crippen LogP contribution >= 0.6 is 0 Å². The summed E-state index contributed by atoms with van der Waals surface area (Å²) in [6.45, 7) is 4.44. The van der Waals surface area contributed by atoms with Crippen molar-refractivity contribution in [1.29, 1.82) is 0 Å². The summed E-state index contributed by atoms with van der Waals surface area (Å²) < 4.78 is 18.2. The molecular weight excluding hydrogens is 477 g/mol. The molecule has 2 fully saturated rings. The summed E-state index contributed by atoms with van der Waals surface area (Å²) >= 11 is 0. The van der Waals surface area contributed by atoms with Gasteiger partial charge in [-0.3, -0.25) is 9.30 Å². The van der Waals surface area contributed by atoms with E-state index in [0.717, 1.165) is 61.5 Å². The van der Waals surface area contributed by atoms with Crippen LogP contribution in [-0.4, -0.2) is 68.4 Å². The van der Waals surface area contributed by atoms with E-state index >= 15 is 4.39 Å². The SMILES string of the molecule is CN1CCN(C2CC(c3nc(-c4ccc5ccc(-c6ccccc6)nc5c4F)c4c(N)nccn34)C2)CC1. The van der Waals surface area contributed by atoms with Gasteiger partial charge in [0.1, 0.15) is 28.4 Å². The molecule has 5 aromatic rings. The molecule has 1 saturated heterocycles. The number of nitrogens with two attached hydrogens (primary N) is 1. The molecule has 0 bridgehead atoms. The van der Waals surface area contributed by atoms with Crippen LogP contribution in [0.15, 0.2) is 67.0 Å². The lowest BCUT2D eigenvalue weighted by Gasteiger charge is -2.45. The predicted octanol–water partition coefficient (Wildman–Crippen LogP) is 4.83. The minimum atomic E-state index is -0.390. The van der Waals surface area contributed by atoms with Crippen molar-refractivity contribution in [2.75, 3.05) is 39.0 Å². The Hall–Kier alpha value is -3.88. The Labute approximate surface area is 220 Å². The first-order chi connectivity index (χ1) is 18.6. The molecular formula is C30H30FN7. The van der Waals surface area contributed by atoms with E-state index in [1.165, 1.54) is 0 Å². The second kappa shape index (κ2) is 9.15. The quantitative estimate of drug-likeness (QED) is 0.376. The summed E-state index contributed by atoms with van der Waals surface area (Å²) in [5.74, 6) is 1.19. The molecule has 8 heteroatoms. The number of hydrogen-bond acceptors (Lipinski definition) is 6. The highest BCUT2D eigenvalue weighted by Gasteiger charge is 2.38. The first kappa shape index (κ1) is 23.3. The lowest BCUT2D eigenvalue weighted by Crippen LogP contribution is -2.52. The van der Waals surface area contributed by atoms with Crippen LogP contribution in [0.1, 0.15) is 24.6 Å². The van der Waals surface area contributed by atoms with Gasteiger partial charge < -0.3 is 10.6 Å². The Bertz CT molecular complexity index is 1630. The monoisotopic (exact) mass is 507 g/mol. The summed E-state index contributed by atoms with van der Waals surface area (Å²) in [5, 5.41) is 0.745. The van der Waals surface area contributed by atoms with Gasteiger partial charge in [0, 0.05) is 67.0 Å². The molecule has 0 radical (unpaired) electrons. The lowest BCUT2D eigenvalue weighted by molar-refractivity contribution is 0.0586. The molecule has 0 spiro atoms. The fourth-order valence-electron chi connectivity index (χ4n) is 5.95. The second-order valence-corrected chi connectivity index (χ2v) is 10.6. The average molecular weight is 508 g/mol. The number of aromatic nitrogens is 4. The number of rotatable bonds is 4. The van der Waals surface area contributed by atoms with Gasteiger partial charge in [-0.1, -0.05) is 42.5 Å². The van der Waals surface area contributed by atoms with Gasteiger partial charge in [0.05, 0.1) is 5.69 Å². The van der Waals surface area contributed by atoms with Crippen LogP contribution in [0.5, 0.6) is 0 Å². The summed E-state index contributed by atoms with van der Waals surface area (Å²) in [6, 6.07) is 17.9. The van der Waals surface area contributed by atoms with Crippen molar-refractivity contribution < 1.29 is 4.39 Å². The highest BCUT2D eigenvalue weighted by molar-refractivity contribution is 5.92. The minimum Gasteiger partial charge on any atom is -0.382 e. The number of anilines is 1. The molecule has 2 N–H and O–H groups in total. The fraction of sp³-hybridized carbons (Fsp3) is 0.300. The van der Waals surface area contributed by atoms with E-state index in [2.05, 4.69) is 21.8 Å². The van der Waals surface area contributed by atoms with Crippen LogP contribution in [0.3, 0.4) is 0 Å². The topological polar surface area (TPSA) is 75.6 Å². The molecule has 1 aliphatic carbocycles. The molecule has 192 valence electrons. The molecule has 2 aliphatic rings. The van der Waals surface area contributed by atoms with Crippen molar-refractivity contribution in [2.24, 2.45) is 0 Å². The number of benzene rings is 2. The van der Waals surface area contributed by atoms with Gasteiger partial charge in [-0.25, -0.2) is 19.3 Å². The average Bonchev–Trinajstić information content (AvgIpc) is 3.30. The van der Waals surface area contributed by atoms with Crippen LogP contribution < -0.4 is 5.73 Å². The van der Waals surface area contributed by atoms with Crippen molar-refractivity contribution in [3.63, 3.8) is 0 Å². The molecule has 2 aromatic carbocycles. The molecule has 4 heterocycles. The third-order valence-corrected chi connectivity index (χ3v) is 8.27. The van der Waals surface area contributed by atoms with Crippen molar-refractivity contribution in [3.05, 3.63) is 78.6 Å². The summed E-state index contributed by atoms with van der Waals surface area (Å²) in [7, 11) is 2.18. The van der Waals surface area contributed by atoms with Crippen LogP contribution in [0.4, 0.5) is 10.2 Å². The van der Waals surface area contributed by atoms with E-state index in [9.17, 15) is 0 Å². The number of likely N-dealkylation sites (N-methyl/N-ethyl adjacent to an activating group) is 1. The highest BCUT2D eigenvalue weighted by atomic mass is 19.1. The molecule has 0 amide bonds. The van der Waals surface area contributed by atoms with Gasteiger partial charge in [0.25, 0.3) is 0 Å². The normalized spacial score (nSPS) is 20.7. The zero-order chi connectivity index (χ0) is 25.8. The number of hydrogen-bond donors (Lipinski definition) is 1. The maximum atomic E-state index is 16.2. The second-order valence-electron chi connectivity index (χ2n) is 10.6. The molecule has 1 saturated carbocycles. The van der Waals surface area contributed by atoms with Crippen LogP contribution in [0.2, 0.25) is 0 Å². The molecule has 0 atom stereocenters. The molecule has 38 heavy (non-hydrogen) atoms. The largest absolute Gasteiger partial charge is 0.382 e. The van der Waals surface area contributed by atoms with Crippen molar-refractivity contribution in [3.8, 4) is 22.5 Å². The third-order valence-electron chi connectivity index (χ3n) is 8.27. The Morgan fingerprint density at radius 1 is 0.921 bits per heavy atom. The van der Waals surface area contributed by atoms with Crippen molar-refractivity contribution >= 4 is 22.2 Å². The lowest BCUT2D eigenvalue weighted by atomic mass is 9.78. The van der Waals surface area contributed by atoms with E-state index < -0.39 is 0 Å². The maximum absolute atomic E-state index is 16.2. The van der Waals surface area contributed by atoms with Gasteiger partial charge in [0.15, 0.2) is 5.82 Å². The first-order valence-corrected chi connectivity index (χ1v) is 13.3. The van der Waals surface area contributed by atoms with Crippen LogP contribution in [0, 0.1) is 5.82 Å². The molecule has 0 unspecified atom stereocenters. The first-order valence-electron chi connectivity index (χ1n) is 13.3. The smallest absolute Gasteiger partial charge is 0.158 e. The Kier molecular flexibility index (Phi) is 5.60. The molecule has 7 nitrogen and oxygen atoms in total. The predicted molar refractivity (Wildman–Crippen MR) is 148 cm³/mol. The number of imidazole rings is 1. The van der Waals surface area contributed by atoms with Gasteiger partial charge in [-0.2, -0.15) is 0 Å². The van der Waals surface area contributed by atoms with E-state index in [1.807, 2.05) is 59.1 Å². The van der Waals surface area contributed by atoms with Crippen LogP contribution in [-0.2, 0) is 0 Å². The van der Waals surface area contributed by atoms with Gasteiger partial charge in [-0.15, -0.1) is 0 Å². The molecule has 7 rings (SSSR count). The summed E-state index contributed by atoms with van der Waals surface area (Å²) in [6.07, 6.45) is 5.68. The zero-order valence-corrected chi connectivity index (χ0v) is 21.4. The highest BCUT2D eigenvalue weighted by Crippen LogP contribution is 2.42.